The van der Waals surface area contributed by atoms with Gasteiger partial charge in [-0.2, -0.15) is 0 Å². The first kappa shape index (κ1) is 12.3. The Morgan fingerprint density at radius 2 is 2.11 bits per heavy atom. The molecule has 0 saturated heterocycles. The van der Waals surface area contributed by atoms with Crippen LogP contribution in [0.4, 0.5) is 8.78 Å². The van der Waals surface area contributed by atoms with Crippen LogP contribution in [-0.4, -0.2) is 16.1 Å². The number of nitrogens with two attached hydrogens (primary N) is 1. The Labute approximate surface area is 110 Å². The summed E-state index contributed by atoms with van der Waals surface area (Å²) in [6.07, 6.45) is 2.69. The van der Waals surface area contributed by atoms with Crippen LogP contribution in [0, 0.1) is 11.6 Å². The van der Waals surface area contributed by atoms with Crippen molar-refractivity contribution in [3.05, 3.63) is 41.4 Å². The molecule has 1 aromatic carbocycles. The zero-order valence-corrected chi connectivity index (χ0v) is 10.5. The van der Waals surface area contributed by atoms with Gasteiger partial charge in [0.05, 0.1) is 5.69 Å². The van der Waals surface area contributed by atoms with Gasteiger partial charge in [0.25, 0.3) is 0 Å². The van der Waals surface area contributed by atoms with Crippen LogP contribution in [0.25, 0.3) is 11.3 Å². The summed E-state index contributed by atoms with van der Waals surface area (Å²) >= 11 is 0. The molecular weight excluding hydrogens is 248 g/mol. The van der Waals surface area contributed by atoms with Gasteiger partial charge in [0.2, 0.25) is 0 Å². The highest BCUT2D eigenvalue weighted by atomic mass is 19.2. The average molecular weight is 263 g/mol. The van der Waals surface area contributed by atoms with Gasteiger partial charge in [-0.25, -0.2) is 13.8 Å². The molecule has 2 heterocycles. The zero-order chi connectivity index (χ0) is 13.4. The quantitative estimate of drug-likeness (QED) is 0.923. The summed E-state index contributed by atoms with van der Waals surface area (Å²) in [5.74, 6) is -0.728. The van der Waals surface area contributed by atoms with Crippen LogP contribution in [-0.2, 0) is 19.4 Å². The Kier molecular flexibility index (Phi) is 3.06. The lowest BCUT2D eigenvalue weighted by atomic mass is 10.1. The summed E-state index contributed by atoms with van der Waals surface area (Å²) in [5, 5.41) is 0. The molecule has 0 radical (unpaired) electrons. The summed E-state index contributed by atoms with van der Waals surface area (Å²) in [6, 6.07) is 3.93. The molecular formula is C14H15F2N3. The molecule has 3 nitrogen and oxygen atoms in total. The third-order valence-electron chi connectivity index (χ3n) is 3.51. The van der Waals surface area contributed by atoms with E-state index in [4.69, 9.17) is 5.73 Å². The average Bonchev–Trinajstić information content (AvgIpc) is 2.97. The van der Waals surface area contributed by atoms with E-state index in [1.54, 1.807) is 6.07 Å². The standard InChI is InChI=1S/C14H15F2N3/c15-10-4-3-9(8-11(10)16)14-12-2-1-7-19(12)13(18-14)5-6-17/h3-4,8H,1-2,5-7,17H2. The predicted octanol–water partition coefficient (Wildman–Crippen LogP) is 2.28. The van der Waals surface area contributed by atoms with E-state index in [2.05, 4.69) is 9.55 Å². The second kappa shape index (κ2) is 4.74. The van der Waals surface area contributed by atoms with Gasteiger partial charge in [-0.1, -0.05) is 0 Å². The van der Waals surface area contributed by atoms with Crippen molar-refractivity contribution < 1.29 is 8.78 Å². The Morgan fingerprint density at radius 1 is 1.26 bits per heavy atom. The molecule has 19 heavy (non-hydrogen) atoms. The maximum absolute atomic E-state index is 13.3. The minimum Gasteiger partial charge on any atom is -0.331 e. The van der Waals surface area contributed by atoms with Crippen molar-refractivity contribution in [3.8, 4) is 11.3 Å². The molecule has 1 aliphatic heterocycles. The minimum atomic E-state index is -0.836. The normalized spacial score (nSPS) is 13.8. The van der Waals surface area contributed by atoms with Crippen LogP contribution in [0.3, 0.4) is 0 Å². The van der Waals surface area contributed by atoms with E-state index in [-0.39, 0.29) is 0 Å². The Balaban J connectivity index is 2.09. The fourth-order valence-electron chi connectivity index (χ4n) is 2.65. The van der Waals surface area contributed by atoms with E-state index in [9.17, 15) is 8.78 Å². The molecule has 2 N–H and O–H groups in total. The third-order valence-corrected chi connectivity index (χ3v) is 3.51. The zero-order valence-electron chi connectivity index (χ0n) is 10.5. The fraction of sp³-hybridized carbons (Fsp3) is 0.357. The molecule has 0 atom stereocenters. The molecule has 0 unspecified atom stereocenters. The smallest absolute Gasteiger partial charge is 0.159 e. The molecule has 3 rings (SSSR count). The van der Waals surface area contributed by atoms with Gasteiger partial charge in [0.1, 0.15) is 5.82 Å². The molecule has 1 aromatic heterocycles. The van der Waals surface area contributed by atoms with Crippen molar-refractivity contribution in [1.29, 1.82) is 0 Å². The molecule has 0 spiro atoms. The lowest BCUT2D eigenvalue weighted by molar-refractivity contribution is 0.509. The Morgan fingerprint density at radius 3 is 2.84 bits per heavy atom. The number of hydrogen-bond donors (Lipinski definition) is 1. The molecule has 0 aliphatic carbocycles. The highest BCUT2D eigenvalue weighted by Crippen LogP contribution is 2.30. The molecule has 100 valence electrons. The van der Waals surface area contributed by atoms with Crippen LogP contribution < -0.4 is 5.73 Å². The van der Waals surface area contributed by atoms with Gasteiger partial charge in [0.15, 0.2) is 11.6 Å². The van der Waals surface area contributed by atoms with Crippen molar-refractivity contribution >= 4 is 0 Å². The van der Waals surface area contributed by atoms with E-state index in [0.29, 0.717) is 18.5 Å². The largest absolute Gasteiger partial charge is 0.331 e. The van der Waals surface area contributed by atoms with E-state index in [0.717, 1.165) is 42.7 Å². The fourth-order valence-corrected chi connectivity index (χ4v) is 2.65. The predicted molar refractivity (Wildman–Crippen MR) is 68.7 cm³/mol. The summed E-state index contributed by atoms with van der Waals surface area (Å²) < 4.78 is 28.5. The molecule has 0 saturated carbocycles. The first-order valence-electron chi connectivity index (χ1n) is 6.44. The number of halogens is 2. The summed E-state index contributed by atoms with van der Waals surface area (Å²) in [6.45, 7) is 1.47. The SMILES string of the molecule is NCCc1nc(-c2ccc(F)c(F)c2)c2n1CCC2. The van der Waals surface area contributed by atoms with Crippen LogP contribution in [0.15, 0.2) is 18.2 Å². The van der Waals surface area contributed by atoms with Gasteiger partial charge in [-0.3, -0.25) is 0 Å². The van der Waals surface area contributed by atoms with Crippen molar-refractivity contribution in [2.24, 2.45) is 5.73 Å². The monoisotopic (exact) mass is 263 g/mol. The molecule has 1 aliphatic rings. The van der Waals surface area contributed by atoms with Gasteiger partial charge < -0.3 is 10.3 Å². The molecule has 0 amide bonds. The van der Waals surface area contributed by atoms with E-state index in [1.165, 1.54) is 6.07 Å². The maximum atomic E-state index is 13.3. The molecule has 2 aromatic rings. The van der Waals surface area contributed by atoms with Crippen molar-refractivity contribution in [2.75, 3.05) is 6.54 Å². The number of fused-ring (bicyclic) bond motifs is 1. The van der Waals surface area contributed by atoms with E-state index >= 15 is 0 Å². The maximum Gasteiger partial charge on any atom is 0.159 e. The molecule has 5 heteroatoms. The second-order valence-electron chi connectivity index (χ2n) is 4.75. The van der Waals surface area contributed by atoms with Gasteiger partial charge in [-0.15, -0.1) is 0 Å². The minimum absolute atomic E-state index is 0.535. The van der Waals surface area contributed by atoms with Crippen LogP contribution in [0.5, 0.6) is 0 Å². The van der Waals surface area contributed by atoms with Gasteiger partial charge in [0, 0.05) is 24.2 Å². The lowest BCUT2D eigenvalue weighted by Crippen LogP contribution is -2.08. The highest BCUT2D eigenvalue weighted by Gasteiger charge is 2.22. The number of hydrogen-bond acceptors (Lipinski definition) is 2. The summed E-state index contributed by atoms with van der Waals surface area (Å²) in [4.78, 5) is 4.56. The number of benzene rings is 1. The first-order chi connectivity index (χ1) is 9.20. The number of imidazole rings is 1. The Hall–Kier alpha value is -1.75. The van der Waals surface area contributed by atoms with E-state index in [1.807, 2.05) is 0 Å². The number of nitrogens with zero attached hydrogens (tertiary/aromatic N) is 2. The van der Waals surface area contributed by atoms with Crippen molar-refractivity contribution in [1.82, 2.24) is 9.55 Å². The third kappa shape index (κ3) is 2.04. The van der Waals surface area contributed by atoms with Crippen molar-refractivity contribution in [2.45, 2.75) is 25.8 Å². The highest BCUT2D eigenvalue weighted by molar-refractivity contribution is 5.63. The lowest BCUT2D eigenvalue weighted by Gasteiger charge is -2.01. The topological polar surface area (TPSA) is 43.8 Å². The van der Waals surface area contributed by atoms with Crippen LogP contribution >= 0.6 is 0 Å². The number of aromatic nitrogens is 2. The van der Waals surface area contributed by atoms with Crippen LogP contribution in [0.1, 0.15) is 17.9 Å². The van der Waals surface area contributed by atoms with Gasteiger partial charge >= 0.3 is 0 Å². The molecule has 0 bridgehead atoms. The summed E-state index contributed by atoms with van der Waals surface area (Å²) in [5.41, 5.74) is 8.09. The van der Waals surface area contributed by atoms with Gasteiger partial charge in [-0.05, 0) is 37.6 Å². The number of rotatable bonds is 3. The first-order valence-corrected chi connectivity index (χ1v) is 6.44. The van der Waals surface area contributed by atoms with E-state index < -0.39 is 11.6 Å². The Bertz CT molecular complexity index is 619. The molecule has 0 fully saturated rings. The summed E-state index contributed by atoms with van der Waals surface area (Å²) in [7, 11) is 0. The van der Waals surface area contributed by atoms with Crippen molar-refractivity contribution in [3.63, 3.8) is 0 Å². The second-order valence-corrected chi connectivity index (χ2v) is 4.75. The van der Waals surface area contributed by atoms with Crippen LogP contribution in [0.2, 0.25) is 0 Å².